The van der Waals surface area contributed by atoms with E-state index >= 15 is 0 Å². The van der Waals surface area contributed by atoms with E-state index in [4.69, 9.17) is 0 Å². The van der Waals surface area contributed by atoms with Crippen molar-refractivity contribution in [1.82, 2.24) is 0 Å². The average Bonchev–Trinajstić information content (AvgIpc) is 2.49. The van der Waals surface area contributed by atoms with Crippen molar-refractivity contribution >= 4 is 0 Å². The molecule has 0 atom stereocenters. The Bertz CT molecular complexity index is 571. The lowest BCUT2D eigenvalue weighted by atomic mass is 9.73. The van der Waals surface area contributed by atoms with E-state index in [0.29, 0.717) is 24.3 Å². The Labute approximate surface area is 119 Å². The molecule has 0 bridgehead atoms. The highest BCUT2D eigenvalue weighted by molar-refractivity contribution is 5.26. The molecule has 1 aliphatic carbocycles. The summed E-state index contributed by atoms with van der Waals surface area (Å²) in [4.78, 5) is 0. The minimum absolute atomic E-state index is 0.277. The van der Waals surface area contributed by atoms with E-state index in [-0.39, 0.29) is 5.82 Å². The second-order valence-electron chi connectivity index (χ2n) is 5.73. The van der Waals surface area contributed by atoms with Crippen molar-refractivity contribution in [2.75, 3.05) is 0 Å². The van der Waals surface area contributed by atoms with Gasteiger partial charge in [0.1, 0.15) is 5.82 Å². The first kappa shape index (κ1) is 13.3. The summed E-state index contributed by atoms with van der Waals surface area (Å²) >= 11 is 0. The molecule has 2 aromatic rings. The Morgan fingerprint density at radius 3 is 2.30 bits per heavy atom. The molecule has 3 rings (SSSR count). The Kier molecular flexibility index (Phi) is 3.58. The van der Waals surface area contributed by atoms with Crippen LogP contribution < -0.4 is 0 Å². The minimum atomic E-state index is -0.868. The van der Waals surface area contributed by atoms with Gasteiger partial charge in [0.2, 0.25) is 0 Å². The third-order valence-electron chi connectivity index (χ3n) is 4.45. The van der Waals surface area contributed by atoms with Crippen molar-refractivity contribution in [3.63, 3.8) is 0 Å². The summed E-state index contributed by atoms with van der Waals surface area (Å²) in [6, 6.07) is 16.8. The molecule has 0 saturated heterocycles. The lowest BCUT2D eigenvalue weighted by molar-refractivity contribution is -0.00591. The Morgan fingerprint density at radius 1 is 0.950 bits per heavy atom. The topological polar surface area (TPSA) is 20.2 Å². The molecule has 2 aromatic carbocycles. The highest BCUT2D eigenvalue weighted by atomic mass is 19.1. The number of benzene rings is 2. The Balaban J connectivity index is 1.75. The highest BCUT2D eigenvalue weighted by Gasteiger charge is 2.35. The van der Waals surface area contributed by atoms with Crippen LogP contribution in [0.25, 0.3) is 0 Å². The van der Waals surface area contributed by atoms with Crippen LogP contribution in [0.1, 0.15) is 42.7 Å². The second kappa shape index (κ2) is 5.37. The van der Waals surface area contributed by atoms with E-state index in [1.807, 2.05) is 12.1 Å². The van der Waals surface area contributed by atoms with Gasteiger partial charge < -0.3 is 5.11 Å². The number of hydrogen-bond donors (Lipinski definition) is 1. The van der Waals surface area contributed by atoms with Gasteiger partial charge in [-0.25, -0.2) is 4.39 Å². The monoisotopic (exact) mass is 270 g/mol. The molecule has 1 aliphatic rings. The molecule has 0 spiro atoms. The van der Waals surface area contributed by atoms with Crippen molar-refractivity contribution < 1.29 is 9.50 Å². The molecule has 0 aromatic heterocycles. The van der Waals surface area contributed by atoms with E-state index in [1.54, 1.807) is 6.07 Å². The molecule has 0 heterocycles. The second-order valence-corrected chi connectivity index (χ2v) is 5.73. The normalized spacial score (nSPS) is 26.4. The third kappa shape index (κ3) is 2.61. The number of rotatable bonds is 2. The van der Waals surface area contributed by atoms with Gasteiger partial charge in [0.15, 0.2) is 0 Å². The fraction of sp³-hybridized carbons (Fsp3) is 0.333. The van der Waals surface area contributed by atoms with E-state index in [1.165, 1.54) is 17.7 Å². The van der Waals surface area contributed by atoms with Gasteiger partial charge in [-0.15, -0.1) is 0 Å². The lowest BCUT2D eigenvalue weighted by Gasteiger charge is -2.36. The first-order valence-corrected chi connectivity index (χ1v) is 7.21. The maximum Gasteiger partial charge on any atom is 0.123 e. The minimum Gasteiger partial charge on any atom is -0.385 e. The number of aliphatic hydroxyl groups is 1. The average molecular weight is 270 g/mol. The van der Waals surface area contributed by atoms with Crippen LogP contribution in [0, 0.1) is 5.82 Å². The van der Waals surface area contributed by atoms with Gasteiger partial charge >= 0.3 is 0 Å². The molecule has 1 fully saturated rings. The molecule has 0 unspecified atom stereocenters. The molecule has 20 heavy (non-hydrogen) atoms. The summed E-state index contributed by atoms with van der Waals surface area (Å²) in [7, 11) is 0. The maximum absolute atomic E-state index is 13.3. The summed E-state index contributed by atoms with van der Waals surface area (Å²) in [5.41, 5.74) is 1.19. The van der Waals surface area contributed by atoms with E-state index in [0.717, 1.165) is 12.8 Å². The molecule has 0 amide bonds. The van der Waals surface area contributed by atoms with Crippen LogP contribution >= 0.6 is 0 Å². The van der Waals surface area contributed by atoms with Gasteiger partial charge in [-0.2, -0.15) is 0 Å². The van der Waals surface area contributed by atoms with Crippen LogP contribution in [0.5, 0.6) is 0 Å². The largest absolute Gasteiger partial charge is 0.385 e. The van der Waals surface area contributed by atoms with Crippen LogP contribution in [0.3, 0.4) is 0 Å². The van der Waals surface area contributed by atoms with Crippen molar-refractivity contribution in [3.05, 3.63) is 71.5 Å². The molecule has 0 radical (unpaired) electrons. The zero-order chi connectivity index (χ0) is 14.0. The smallest absolute Gasteiger partial charge is 0.123 e. The summed E-state index contributed by atoms with van der Waals surface area (Å²) < 4.78 is 13.3. The molecular formula is C18H19FO. The first-order valence-electron chi connectivity index (χ1n) is 7.21. The van der Waals surface area contributed by atoms with Crippen LogP contribution in [-0.4, -0.2) is 5.11 Å². The van der Waals surface area contributed by atoms with Crippen molar-refractivity contribution in [3.8, 4) is 0 Å². The molecular weight excluding hydrogens is 251 g/mol. The van der Waals surface area contributed by atoms with Gasteiger partial charge in [0.05, 0.1) is 5.60 Å². The molecule has 1 nitrogen and oxygen atoms in total. The number of halogens is 1. The fourth-order valence-corrected chi connectivity index (χ4v) is 3.22. The van der Waals surface area contributed by atoms with Crippen LogP contribution in [0.4, 0.5) is 4.39 Å². The third-order valence-corrected chi connectivity index (χ3v) is 4.45. The van der Waals surface area contributed by atoms with Gasteiger partial charge in [-0.3, -0.25) is 0 Å². The molecule has 1 N–H and O–H groups in total. The van der Waals surface area contributed by atoms with Crippen LogP contribution in [-0.2, 0) is 5.60 Å². The Hall–Kier alpha value is -1.67. The van der Waals surface area contributed by atoms with Gasteiger partial charge in [-0.1, -0.05) is 42.5 Å². The highest BCUT2D eigenvalue weighted by Crippen LogP contribution is 2.43. The Morgan fingerprint density at radius 2 is 1.65 bits per heavy atom. The predicted molar refractivity (Wildman–Crippen MR) is 77.9 cm³/mol. The van der Waals surface area contributed by atoms with E-state index in [9.17, 15) is 9.50 Å². The lowest BCUT2D eigenvalue weighted by Crippen LogP contribution is -2.31. The van der Waals surface area contributed by atoms with Gasteiger partial charge in [0.25, 0.3) is 0 Å². The van der Waals surface area contributed by atoms with Gasteiger partial charge in [0, 0.05) is 0 Å². The summed E-state index contributed by atoms with van der Waals surface area (Å²) in [5, 5.41) is 10.8. The van der Waals surface area contributed by atoms with Crippen LogP contribution in [0.15, 0.2) is 54.6 Å². The summed E-state index contributed by atoms with van der Waals surface area (Å²) in [5.74, 6) is 0.228. The van der Waals surface area contributed by atoms with Crippen molar-refractivity contribution in [2.24, 2.45) is 0 Å². The summed E-state index contributed by atoms with van der Waals surface area (Å²) in [6.07, 6.45) is 3.26. The van der Waals surface area contributed by atoms with Crippen molar-refractivity contribution in [2.45, 2.75) is 37.2 Å². The van der Waals surface area contributed by atoms with Crippen molar-refractivity contribution in [1.29, 1.82) is 0 Å². The standard InChI is InChI=1S/C18H19FO/c19-17-8-4-7-16(13-17)18(20)11-9-15(10-12-18)14-5-2-1-3-6-14/h1-8,13,15,20H,9-12H2. The fourth-order valence-electron chi connectivity index (χ4n) is 3.22. The number of hydrogen-bond acceptors (Lipinski definition) is 1. The maximum atomic E-state index is 13.3. The zero-order valence-corrected chi connectivity index (χ0v) is 11.4. The zero-order valence-electron chi connectivity index (χ0n) is 11.4. The first-order chi connectivity index (χ1) is 9.67. The molecule has 104 valence electrons. The summed E-state index contributed by atoms with van der Waals surface area (Å²) in [6.45, 7) is 0. The van der Waals surface area contributed by atoms with Crippen LogP contribution in [0.2, 0.25) is 0 Å². The predicted octanol–water partition coefficient (Wildman–Crippen LogP) is 4.37. The quantitative estimate of drug-likeness (QED) is 0.859. The molecule has 0 aliphatic heterocycles. The molecule has 2 heteroatoms. The SMILES string of the molecule is OC1(c2cccc(F)c2)CCC(c2ccccc2)CC1. The molecule has 1 saturated carbocycles. The van der Waals surface area contributed by atoms with E-state index in [2.05, 4.69) is 24.3 Å². The van der Waals surface area contributed by atoms with E-state index < -0.39 is 5.60 Å². The van der Waals surface area contributed by atoms with Gasteiger partial charge in [-0.05, 0) is 54.9 Å².